The second kappa shape index (κ2) is 7.73. The van der Waals surface area contributed by atoms with Gasteiger partial charge in [-0.05, 0) is 24.3 Å². The number of amides is 1. The third-order valence-electron chi connectivity index (χ3n) is 3.55. The summed E-state index contributed by atoms with van der Waals surface area (Å²) >= 11 is 0. The third kappa shape index (κ3) is 3.97. The minimum atomic E-state index is -1.67. The highest BCUT2D eigenvalue weighted by molar-refractivity contribution is 6.03. The Balaban J connectivity index is 1.81. The maximum atomic E-state index is 13.7. The van der Waals surface area contributed by atoms with E-state index in [4.69, 9.17) is 4.74 Å². The van der Waals surface area contributed by atoms with Gasteiger partial charge in [0, 0.05) is 6.07 Å². The molecule has 27 heavy (non-hydrogen) atoms. The molecule has 0 aliphatic rings. The predicted molar refractivity (Wildman–Crippen MR) is 92.6 cm³/mol. The molecule has 3 rings (SSSR count). The fourth-order valence-corrected chi connectivity index (χ4v) is 2.24. The second-order valence-electron chi connectivity index (χ2n) is 5.29. The minimum Gasteiger partial charge on any atom is -0.495 e. The zero-order chi connectivity index (χ0) is 19.4. The van der Waals surface area contributed by atoms with Gasteiger partial charge in [0.05, 0.1) is 18.5 Å². The van der Waals surface area contributed by atoms with Gasteiger partial charge in [-0.25, -0.2) is 23.1 Å². The number of aromatic nitrogens is 2. The SMILES string of the molecule is COc1ccccc1Nc1cc(C(=O)Nc2ccc(F)c(F)c2F)ncn1. The molecule has 1 aromatic heterocycles. The van der Waals surface area contributed by atoms with E-state index in [2.05, 4.69) is 20.6 Å². The minimum absolute atomic E-state index is 0.105. The number of carbonyl (C=O) groups excluding carboxylic acids is 1. The Hall–Kier alpha value is -3.62. The van der Waals surface area contributed by atoms with Crippen molar-refractivity contribution in [3.8, 4) is 5.75 Å². The first kappa shape index (κ1) is 18.2. The molecule has 2 N–H and O–H groups in total. The molecular formula is C18H13F3N4O2. The molecule has 0 bridgehead atoms. The fraction of sp³-hybridized carbons (Fsp3) is 0.0556. The smallest absolute Gasteiger partial charge is 0.274 e. The van der Waals surface area contributed by atoms with E-state index < -0.39 is 29.0 Å². The van der Waals surface area contributed by atoms with Gasteiger partial charge in [0.1, 0.15) is 23.6 Å². The summed E-state index contributed by atoms with van der Waals surface area (Å²) in [6.45, 7) is 0. The van der Waals surface area contributed by atoms with Gasteiger partial charge in [-0.15, -0.1) is 0 Å². The number of anilines is 3. The lowest BCUT2D eigenvalue weighted by atomic mass is 10.2. The molecule has 0 atom stereocenters. The molecule has 0 radical (unpaired) electrons. The number of halogens is 3. The van der Waals surface area contributed by atoms with Crippen LogP contribution in [0.3, 0.4) is 0 Å². The summed E-state index contributed by atoms with van der Waals surface area (Å²) in [7, 11) is 1.51. The monoisotopic (exact) mass is 374 g/mol. The van der Waals surface area contributed by atoms with Crippen molar-refractivity contribution in [1.82, 2.24) is 9.97 Å². The Bertz CT molecular complexity index is 998. The van der Waals surface area contributed by atoms with Crippen molar-refractivity contribution in [2.75, 3.05) is 17.7 Å². The number of carbonyl (C=O) groups is 1. The maximum absolute atomic E-state index is 13.7. The van der Waals surface area contributed by atoms with Crippen molar-refractivity contribution >= 4 is 23.1 Å². The molecule has 0 fully saturated rings. The molecule has 2 aromatic carbocycles. The molecule has 138 valence electrons. The lowest BCUT2D eigenvalue weighted by Gasteiger charge is -2.11. The normalized spacial score (nSPS) is 10.4. The Morgan fingerprint density at radius 2 is 1.78 bits per heavy atom. The number of benzene rings is 2. The highest BCUT2D eigenvalue weighted by Crippen LogP contribution is 2.26. The van der Waals surface area contributed by atoms with Crippen LogP contribution in [0.5, 0.6) is 5.75 Å². The van der Waals surface area contributed by atoms with Crippen molar-refractivity contribution in [2.45, 2.75) is 0 Å². The molecule has 0 aliphatic carbocycles. The summed E-state index contributed by atoms with van der Waals surface area (Å²) in [6.07, 6.45) is 1.13. The largest absolute Gasteiger partial charge is 0.495 e. The van der Waals surface area contributed by atoms with E-state index >= 15 is 0 Å². The van der Waals surface area contributed by atoms with Crippen LogP contribution in [0.25, 0.3) is 0 Å². The standard InChI is InChI=1S/C18H13F3N4O2/c1-27-14-5-3-2-4-11(14)24-15-8-13(22-9-23-15)18(26)25-12-7-6-10(19)16(20)17(12)21/h2-9H,1H3,(H,25,26)(H,22,23,24). The molecular weight excluding hydrogens is 361 g/mol. The van der Waals surface area contributed by atoms with E-state index in [0.29, 0.717) is 17.5 Å². The molecule has 0 aliphatic heterocycles. The zero-order valence-electron chi connectivity index (χ0n) is 14.0. The Labute approximate surface area is 152 Å². The van der Waals surface area contributed by atoms with E-state index in [9.17, 15) is 18.0 Å². The first-order valence-corrected chi connectivity index (χ1v) is 7.66. The number of ether oxygens (including phenoxy) is 1. The summed E-state index contributed by atoms with van der Waals surface area (Å²) in [5, 5.41) is 5.12. The molecule has 0 saturated carbocycles. The van der Waals surface area contributed by atoms with Gasteiger partial charge < -0.3 is 15.4 Å². The van der Waals surface area contributed by atoms with Crippen LogP contribution in [0.4, 0.5) is 30.4 Å². The topological polar surface area (TPSA) is 76.1 Å². The van der Waals surface area contributed by atoms with Crippen molar-refractivity contribution in [3.05, 3.63) is 71.9 Å². The molecule has 6 nitrogen and oxygen atoms in total. The lowest BCUT2D eigenvalue weighted by molar-refractivity contribution is 0.102. The van der Waals surface area contributed by atoms with E-state index in [1.165, 1.54) is 13.2 Å². The van der Waals surface area contributed by atoms with Gasteiger partial charge in [-0.3, -0.25) is 4.79 Å². The Kier molecular flexibility index (Phi) is 5.20. The average molecular weight is 374 g/mol. The van der Waals surface area contributed by atoms with Crippen molar-refractivity contribution in [1.29, 1.82) is 0 Å². The molecule has 0 unspecified atom stereocenters. The van der Waals surface area contributed by atoms with Crippen LogP contribution in [0.1, 0.15) is 10.5 Å². The summed E-state index contributed by atoms with van der Waals surface area (Å²) in [5.74, 6) is -4.49. The lowest BCUT2D eigenvalue weighted by Crippen LogP contribution is -2.16. The van der Waals surface area contributed by atoms with E-state index in [0.717, 1.165) is 12.4 Å². The molecule has 0 saturated heterocycles. The van der Waals surface area contributed by atoms with E-state index in [1.54, 1.807) is 24.3 Å². The van der Waals surface area contributed by atoms with Gasteiger partial charge in [-0.1, -0.05) is 12.1 Å². The second-order valence-corrected chi connectivity index (χ2v) is 5.29. The van der Waals surface area contributed by atoms with Gasteiger partial charge in [0.25, 0.3) is 5.91 Å². The van der Waals surface area contributed by atoms with Crippen molar-refractivity contribution in [3.63, 3.8) is 0 Å². The predicted octanol–water partition coefficient (Wildman–Crippen LogP) is 3.90. The molecule has 9 heteroatoms. The molecule has 1 heterocycles. The molecule has 1 amide bonds. The summed E-state index contributed by atoms with van der Waals surface area (Å²) < 4.78 is 45.2. The average Bonchev–Trinajstić information content (AvgIpc) is 2.69. The first-order chi connectivity index (χ1) is 13.0. The zero-order valence-corrected chi connectivity index (χ0v) is 14.0. The number of hydrogen-bond donors (Lipinski definition) is 2. The van der Waals surface area contributed by atoms with Crippen LogP contribution in [0.15, 0.2) is 48.8 Å². The van der Waals surface area contributed by atoms with Crippen LogP contribution in [0, 0.1) is 17.5 Å². The van der Waals surface area contributed by atoms with Crippen molar-refractivity contribution < 1.29 is 22.7 Å². The number of methoxy groups -OCH3 is 1. The summed E-state index contributed by atoms with van der Waals surface area (Å²) in [6, 6.07) is 10.0. The number of hydrogen-bond acceptors (Lipinski definition) is 5. The van der Waals surface area contributed by atoms with Gasteiger partial charge in [0.15, 0.2) is 17.5 Å². The summed E-state index contributed by atoms with van der Waals surface area (Å²) in [4.78, 5) is 20.1. The van der Waals surface area contributed by atoms with E-state index in [-0.39, 0.29) is 11.5 Å². The van der Waals surface area contributed by atoms with Gasteiger partial charge in [-0.2, -0.15) is 0 Å². The number of nitrogens with one attached hydrogen (secondary N) is 2. The highest BCUT2D eigenvalue weighted by Gasteiger charge is 2.17. The van der Waals surface area contributed by atoms with Gasteiger partial charge >= 0.3 is 0 Å². The summed E-state index contributed by atoms with van der Waals surface area (Å²) in [5.41, 5.74) is -0.00000979. The third-order valence-corrected chi connectivity index (χ3v) is 3.55. The maximum Gasteiger partial charge on any atom is 0.274 e. The van der Waals surface area contributed by atoms with Crippen LogP contribution >= 0.6 is 0 Å². The number of para-hydroxylation sites is 2. The van der Waals surface area contributed by atoms with Crippen LogP contribution < -0.4 is 15.4 Å². The van der Waals surface area contributed by atoms with Crippen LogP contribution in [-0.2, 0) is 0 Å². The van der Waals surface area contributed by atoms with E-state index in [1.807, 2.05) is 0 Å². The number of rotatable bonds is 5. The number of nitrogens with zero attached hydrogens (tertiary/aromatic N) is 2. The van der Waals surface area contributed by atoms with Crippen LogP contribution in [0.2, 0.25) is 0 Å². The molecule has 0 spiro atoms. The van der Waals surface area contributed by atoms with Gasteiger partial charge in [0.2, 0.25) is 0 Å². The Morgan fingerprint density at radius 3 is 2.56 bits per heavy atom. The van der Waals surface area contributed by atoms with Crippen molar-refractivity contribution in [2.24, 2.45) is 0 Å². The Morgan fingerprint density at radius 1 is 1.00 bits per heavy atom. The van der Waals surface area contributed by atoms with Crippen LogP contribution in [-0.4, -0.2) is 23.0 Å². The quantitative estimate of drug-likeness (QED) is 0.663. The fourth-order valence-electron chi connectivity index (χ4n) is 2.24. The molecule has 3 aromatic rings. The highest BCUT2D eigenvalue weighted by atomic mass is 19.2. The first-order valence-electron chi connectivity index (χ1n) is 7.66.